The average molecular weight is 341 g/mol. The molecular formula is C19H23N3O3. The number of likely N-dealkylation sites (tertiary alicyclic amines) is 1. The smallest absolute Gasteiger partial charge is 0.328 e. The van der Waals surface area contributed by atoms with Crippen LogP contribution in [0.25, 0.3) is 0 Å². The Morgan fingerprint density at radius 3 is 2.52 bits per heavy atom. The summed E-state index contributed by atoms with van der Waals surface area (Å²) in [6.45, 7) is 5.55. The zero-order chi connectivity index (χ0) is 17.8. The lowest BCUT2D eigenvalue weighted by molar-refractivity contribution is -0.140. The van der Waals surface area contributed by atoms with Gasteiger partial charge in [0.05, 0.1) is 0 Å². The second-order valence-electron chi connectivity index (χ2n) is 7.54. The van der Waals surface area contributed by atoms with Crippen molar-refractivity contribution in [3.05, 3.63) is 35.4 Å². The molecule has 3 aliphatic rings. The van der Waals surface area contributed by atoms with Crippen LogP contribution in [0.1, 0.15) is 37.3 Å². The second-order valence-corrected chi connectivity index (χ2v) is 7.54. The van der Waals surface area contributed by atoms with Crippen molar-refractivity contribution in [3.63, 3.8) is 0 Å². The number of nitrogens with zero attached hydrogens (tertiary/aromatic N) is 3. The van der Waals surface area contributed by atoms with Crippen molar-refractivity contribution in [3.8, 4) is 0 Å². The molecule has 1 aromatic carbocycles. The fourth-order valence-electron chi connectivity index (χ4n) is 4.28. The summed E-state index contributed by atoms with van der Waals surface area (Å²) >= 11 is 0. The fraction of sp³-hybridized carbons (Fsp3) is 0.526. The number of carbonyl (C=O) groups excluding carboxylic acids is 3. The third kappa shape index (κ3) is 2.34. The molecular weight excluding hydrogens is 318 g/mol. The van der Waals surface area contributed by atoms with Crippen molar-refractivity contribution in [1.29, 1.82) is 0 Å². The van der Waals surface area contributed by atoms with Gasteiger partial charge >= 0.3 is 6.03 Å². The molecule has 3 saturated heterocycles. The molecule has 0 aliphatic carbocycles. The number of hydrogen-bond donors (Lipinski definition) is 0. The van der Waals surface area contributed by atoms with E-state index < -0.39 is 11.6 Å². The quantitative estimate of drug-likeness (QED) is 0.789. The molecule has 0 radical (unpaired) electrons. The highest BCUT2D eigenvalue weighted by molar-refractivity contribution is 6.10. The summed E-state index contributed by atoms with van der Waals surface area (Å²) in [6, 6.07) is 7.14. The fourth-order valence-corrected chi connectivity index (χ4v) is 4.28. The lowest BCUT2D eigenvalue weighted by Gasteiger charge is -2.23. The number of imide groups is 1. The van der Waals surface area contributed by atoms with Crippen LogP contribution in [-0.4, -0.2) is 57.2 Å². The van der Waals surface area contributed by atoms with Crippen molar-refractivity contribution >= 4 is 17.8 Å². The van der Waals surface area contributed by atoms with E-state index in [1.807, 2.05) is 38.1 Å². The molecule has 0 spiro atoms. The first-order valence-corrected chi connectivity index (χ1v) is 8.91. The molecule has 132 valence electrons. The molecule has 4 amide bonds. The SMILES string of the molecule is Cc1ccc(CN2CC[C@@H](N3C(=O)N4CCC[C@]4(C)C3=O)C2=O)cc1. The predicted octanol–water partition coefficient (Wildman–Crippen LogP) is 1.91. The van der Waals surface area contributed by atoms with E-state index in [9.17, 15) is 14.4 Å². The number of fused-ring (bicyclic) bond motifs is 1. The molecule has 2 atom stereocenters. The highest BCUT2D eigenvalue weighted by Gasteiger charge is 2.59. The van der Waals surface area contributed by atoms with Crippen molar-refractivity contribution in [2.24, 2.45) is 0 Å². The lowest BCUT2D eigenvalue weighted by atomic mass is 9.99. The van der Waals surface area contributed by atoms with Gasteiger partial charge in [-0.1, -0.05) is 29.8 Å². The maximum Gasteiger partial charge on any atom is 0.328 e. The minimum absolute atomic E-state index is 0.118. The van der Waals surface area contributed by atoms with Gasteiger partial charge in [-0.3, -0.25) is 9.59 Å². The van der Waals surface area contributed by atoms with Crippen LogP contribution in [0.5, 0.6) is 0 Å². The molecule has 0 N–H and O–H groups in total. The molecule has 6 nitrogen and oxygen atoms in total. The largest absolute Gasteiger partial charge is 0.336 e. The molecule has 3 aliphatic heterocycles. The van der Waals surface area contributed by atoms with E-state index in [1.165, 1.54) is 10.5 Å². The molecule has 0 saturated carbocycles. The first-order valence-electron chi connectivity index (χ1n) is 8.91. The monoisotopic (exact) mass is 341 g/mol. The van der Waals surface area contributed by atoms with Crippen molar-refractivity contribution < 1.29 is 14.4 Å². The molecule has 6 heteroatoms. The van der Waals surface area contributed by atoms with E-state index in [0.717, 1.165) is 12.0 Å². The van der Waals surface area contributed by atoms with E-state index in [2.05, 4.69) is 0 Å². The average Bonchev–Trinajstić information content (AvgIpc) is 3.19. The minimum atomic E-state index is -0.748. The Bertz CT molecular complexity index is 745. The number of rotatable bonds is 3. The van der Waals surface area contributed by atoms with E-state index in [-0.39, 0.29) is 17.8 Å². The molecule has 3 fully saturated rings. The van der Waals surface area contributed by atoms with Crippen LogP contribution in [0.2, 0.25) is 0 Å². The topological polar surface area (TPSA) is 60.9 Å². The maximum atomic E-state index is 12.8. The first-order chi connectivity index (χ1) is 11.9. The van der Waals surface area contributed by atoms with Crippen LogP contribution >= 0.6 is 0 Å². The van der Waals surface area contributed by atoms with Gasteiger partial charge < -0.3 is 9.80 Å². The van der Waals surface area contributed by atoms with Gasteiger partial charge in [0.15, 0.2) is 0 Å². The van der Waals surface area contributed by atoms with Crippen molar-refractivity contribution in [2.75, 3.05) is 13.1 Å². The van der Waals surface area contributed by atoms with Crippen LogP contribution in [0.15, 0.2) is 24.3 Å². The van der Waals surface area contributed by atoms with Gasteiger partial charge in [-0.05, 0) is 38.7 Å². The van der Waals surface area contributed by atoms with E-state index in [1.54, 1.807) is 9.80 Å². The normalized spacial score (nSPS) is 29.1. The Morgan fingerprint density at radius 1 is 1.12 bits per heavy atom. The summed E-state index contributed by atoms with van der Waals surface area (Å²) < 4.78 is 0. The van der Waals surface area contributed by atoms with Gasteiger partial charge in [0.1, 0.15) is 11.6 Å². The third-order valence-electron chi connectivity index (χ3n) is 5.83. The van der Waals surface area contributed by atoms with Gasteiger partial charge in [-0.2, -0.15) is 0 Å². The van der Waals surface area contributed by atoms with E-state index in [4.69, 9.17) is 0 Å². The van der Waals surface area contributed by atoms with Gasteiger partial charge in [0, 0.05) is 19.6 Å². The summed E-state index contributed by atoms with van der Waals surface area (Å²) in [4.78, 5) is 43.0. The van der Waals surface area contributed by atoms with Crippen LogP contribution in [0.4, 0.5) is 4.79 Å². The second kappa shape index (κ2) is 5.58. The summed E-state index contributed by atoms with van der Waals surface area (Å²) in [5, 5.41) is 0. The number of hydrogen-bond acceptors (Lipinski definition) is 3. The Balaban J connectivity index is 1.51. The summed E-state index contributed by atoms with van der Waals surface area (Å²) in [5.74, 6) is -0.322. The molecule has 4 rings (SSSR count). The first kappa shape index (κ1) is 16.1. The number of urea groups is 1. The number of aryl methyl sites for hydroxylation is 1. The molecule has 0 aromatic heterocycles. The number of carbonyl (C=O) groups is 3. The molecule has 1 aromatic rings. The Kier molecular flexibility index (Phi) is 3.60. The Labute approximate surface area is 147 Å². The number of benzene rings is 1. The number of amides is 4. The standard InChI is InChI=1S/C19H23N3O3/c1-13-4-6-14(7-5-13)12-20-11-8-15(16(20)23)22-17(24)19(2)9-3-10-21(19)18(22)25/h4-7,15H,3,8-12H2,1-2H3/t15-,19-/m1/s1. The Hall–Kier alpha value is -2.37. The summed E-state index contributed by atoms with van der Waals surface area (Å²) in [6.07, 6.45) is 2.05. The van der Waals surface area contributed by atoms with Crippen LogP contribution in [-0.2, 0) is 16.1 Å². The van der Waals surface area contributed by atoms with Crippen LogP contribution in [0, 0.1) is 6.92 Å². The minimum Gasteiger partial charge on any atom is -0.336 e. The van der Waals surface area contributed by atoms with E-state index in [0.29, 0.717) is 32.5 Å². The summed E-state index contributed by atoms with van der Waals surface area (Å²) in [5.41, 5.74) is 1.49. The van der Waals surface area contributed by atoms with Gasteiger partial charge in [-0.15, -0.1) is 0 Å². The Morgan fingerprint density at radius 2 is 1.84 bits per heavy atom. The molecule has 0 unspecified atom stereocenters. The molecule has 0 bridgehead atoms. The molecule has 25 heavy (non-hydrogen) atoms. The zero-order valence-electron chi connectivity index (χ0n) is 14.7. The van der Waals surface area contributed by atoms with Crippen molar-refractivity contribution in [1.82, 2.24) is 14.7 Å². The predicted molar refractivity (Wildman–Crippen MR) is 91.6 cm³/mol. The van der Waals surface area contributed by atoms with Crippen molar-refractivity contribution in [2.45, 2.75) is 51.2 Å². The van der Waals surface area contributed by atoms with Gasteiger partial charge in [0.25, 0.3) is 5.91 Å². The van der Waals surface area contributed by atoms with Crippen LogP contribution in [0.3, 0.4) is 0 Å². The zero-order valence-corrected chi connectivity index (χ0v) is 14.7. The van der Waals surface area contributed by atoms with Gasteiger partial charge in [0.2, 0.25) is 5.91 Å². The third-order valence-corrected chi connectivity index (χ3v) is 5.83. The van der Waals surface area contributed by atoms with Gasteiger partial charge in [-0.25, -0.2) is 9.69 Å². The lowest BCUT2D eigenvalue weighted by Crippen LogP contribution is -2.47. The maximum absolute atomic E-state index is 12.8. The van der Waals surface area contributed by atoms with E-state index >= 15 is 0 Å². The highest BCUT2D eigenvalue weighted by atomic mass is 16.2. The molecule has 3 heterocycles. The van der Waals surface area contributed by atoms with Crippen LogP contribution < -0.4 is 0 Å². The highest BCUT2D eigenvalue weighted by Crippen LogP contribution is 2.39. The summed E-state index contributed by atoms with van der Waals surface area (Å²) in [7, 11) is 0.